The molecule has 0 radical (unpaired) electrons. The molecular weight excluding hydrogens is 627 g/mol. The van der Waals surface area contributed by atoms with Crippen LogP contribution in [0.25, 0.3) is 88.4 Å². The van der Waals surface area contributed by atoms with E-state index in [1.54, 1.807) is 0 Å². The molecule has 0 spiro atoms. The first-order chi connectivity index (χ1) is 25.6. The van der Waals surface area contributed by atoms with Gasteiger partial charge in [-0.3, -0.25) is 0 Å². The highest BCUT2D eigenvalue weighted by Gasteiger charge is 2.37. The number of rotatable bonds is 3. The van der Waals surface area contributed by atoms with Gasteiger partial charge < -0.3 is 4.57 Å². The maximum atomic E-state index is 2.54. The highest BCUT2D eigenvalue weighted by Crippen LogP contribution is 2.53. The van der Waals surface area contributed by atoms with Gasteiger partial charge in [-0.1, -0.05) is 159 Å². The second kappa shape index (κ2) is 10.9. The van der Waals surface area contributed by atoms with Crippen molar-refractivity contribution in [3.05, 3.63) is 180 Å². The molecule has 1 aromatic heterocycles. The van der Waals surface area contributed by atoms with Crippen LogP contribution in [0.3, 0.4) is 0 Å². The first kappa shape index (κ1) is 29.5. The van der Waals surface area contributed by atoms with Gasteiger partial charge in [0.2, 0.25) is 0 Å². The Morgan fingerprint density at radius 2 is 1.04 bits per heavy atom. The van der Waals surface area contributed by atoms with Crippen LogP contribution < -0.4 is 0 Å². The summed E-state index contributed by atoms with van der Waals surface area (Å²) >= 11 is 0. The number of para-hydroxylation sites is 1. The average molecular weight is 664 g/mol. The monoisotopic (exact) mass is 663 g/mol. The molecule has 0 fully saturated rings. The SMILES string of the molecule is CC1(C)c2ccccc2-c2c1cc(-c1ccc(-c3c4ccccc4c(-n4c5c(c6ccccc64)CCC=C5)c4ccccc34)cc1)c1ccccc21. The van der Waals surface area contributed by atoms with Gasteiger partial charge in [0.15, 0.2) is 0 Å². The lowest BCUT2D eigenvalue weighted by Gasteiger charge is -2.23. The van der Waals surface area contributed by atoms with E-state index in [1.165, 1.54) is 105 Å². The summed E-state index contributed by atoms with van der Waals surface area (Å²) in [5.74, 6) is 0. The minimum absolute atomic E-state index is 0.0652. The zero-order valence-corrected chi connectivity index (χ0v) is 29.4. The maximum Gasteiger partial charge on any atom is 0.0619 e. The Hall–Kier alpha value is -6.18. The van der Waals surface area contributed by atoms with Crippen molar-refractivity contribution in [2.75, 3.05) is 0 Å². The summed E-state index contributed by atoms with van der Waals surface area (Å²) in [5, 5.41) is 9.09. The van der Waals surface area contributed by atoms with Gasteiger partial charge >= 0.3 is 0 Å². The largest absolute Gasteiger partial charge is 0.308 e. The van der Waals surface area contributed by atoms with Gasteiger partial charge in [0.05, 0.1) is 11.2 Å². The van der Waals surface area contributed by atoms with Crippen molar-refractivity contribution in [3.8, 4) is 39.1 Å². The van der Waals surface area contributed by atoms with Crippen LogP contribution in [0.2, 0.25) is 0 Å². The summed E-state index contributed by atoms with van der Waals surface area (Å²) in [4.78, 5) is 0. The molecule has 0 aliphatic heterocycles. The Kier molecular flexibility index (Phi) is 6.20. The number of aromatic nitrogens is 1. The smallest absolute Gasteiger partial charge is 0.0619 e. The quantitative estimate of drug-likeness (QED) is 0.166. The minimum atomic E-state index is -0.0652. The zero-order valence-electron chi connectivity index (χ0n) is 29.4. The van der Waals surface area contributed by atoms with Crippen LogP contribution in [-0.4, -0.2) is 4.57 Å². The fourth-order valence-corrected chi connectivity index (χ4v) is 9.69. The van der Waals surface area contributed by atoms with Crippen LogP contribution in [0, 0.1) is 0 Å². The molecule has 246 valence electrons. The van der Waals surface area contributed by atoms with Crippen LogP contribution in [0.5, 0.6) is 0 Å². The summed E-state index contributed by atoms with van der Waals surface area (Å²) in [6.07, 6.45) is 6.84. The van der Waals surface area contributed by atoms with Crippen molar-refractivity contribution in [2.45, 2.75) is 32.1 Å². The number of fused-ring (bicyclic) bond motifs is 10. The van der Waals surface area contributed by atoms with Gasteiger partial charge in [0.1, 0.15) is 0 Å². The number of allylic oxidation sites excluding steroid dienone is 1. The van der Waals surface area contributed by atoms with Gasteiger partial charge in [0.25, 0.3) is 0 Å². The first-order valence-corrected chi connectivity index (χ1v) is 18.6. The molecule has 1 heterocycles. The zero-order chi connectivity index (χ0) is 34.6. The van der Waals surface area contributed by atoms with E-state index in [4.69, 9.17) is 0 Å². The van der Waals surface area contributed by atoms with Crippen molar-refractivity contribution in [2.24, 2.45) is 0 Å². The van der Waals surface area contributed by atoms with Crippen LogP contribution in [0.4, 0.5) is 0 Å². The molecule has 0 bridgehead atoms. The van der Waals surface area contributed by atoms with Crippen molar-refractivity contribution < 1.29 is 0 Å². The summed E-state index contributed by atoms with van der Waals surface area (Å²) in [5.41, 5.74) is 15.9. The molecule has 11 rings (SSSR count). The molecular formula is C51H37N. The number of nitrogens with zero attached hydrogens (tertiary/aromatic N) is 1. The lowest BCUT2D eigenvalue weighted by Crippen LogP contribution is -2.15. The molecule has 0 atom stereocenters. The summed E-state index contributed by atoms with van der Waals surface area (Å²) < 4.78 is 2.54. The molecule has 0 N–H and O–H groups in total. The molecule has 1 heteroatoms. The summed E-state index contributed by atoms with van der Waals surface area (Å²) in [7, 11) is 0. The van der Waals surface area contributed by atoms with Crippen molar-refractivity contribution in [1.29, 1.82) is 0 Å². The Labute approximate surface area is 304 Å². The molecule has 0 unspecified atom stereocenters. The van der Waals surface area contributed by atoms with Crippen molar-refractivity contribution >= 4 is 49.3 Å². The van der Waals surface area contributed by atoms with E-state index in [1.807, 2.05) is 0 Å². The van der Waals surface area contributed by atoms with Crippen LogP contribution >= 0.6 is 0 Å². The van der Waals surface area contributed by atoms with E-state index >= 15 is 0 Å². The van der Waals surface area contributed by atoms with Crippen LogP contribution in [0.1, 0.15) is 42.7 Å². The van der Waals surface area contributed by atoms with E-state index in [-0.39, 0.29) is 5.41 Å². The molecule has 0 amide bonds. The van der Waals surface area contributed by atoms with Gasteiger partial charge in [0, 0.05) is 27.3 Å². The van der Waals surface area contributed by atoms with Gasteiger partial charge in [-0.05, 0) is 103 Å². The van der Waals surface area contributed by atoms with Crippen molar-refractivity contribution in [1.82, 2.24) is 4.57 Å². The van der Waals surface area contributed by atoms with Crippen molar-refractivity contribution in [3.63, 3.8) is 0 Å². The third-order valence-electron chi connectivity index (χ3n) is 12.1. The van der Waals surface area contributed by atoms with Gasteiger partial charge in [-0.25, -0.2) is 0 Å². The normalized spacial score (nSPS) is 14.3. The Morgan fingerprint density at radius 1 is 0.481 bits per heavy atom. The van der Waals surface area contributed by atoms with E-state index < -0.39 is 0 Å². The van der Waals surface area contributed by atoms with Crippen LogP contribution in [-0.2, 0) is 11.8 Å². The van der Waals surface area contributed by atoms with Gasteiger partial charge in [-0.15, -0.1) is 0 Å². The highest BCUT2D eigenvalue weighted by atomic mass is 15.0. The van der Waals surface area contributed by atoms with E-state index in [9.17, 15) is 0 Å². The number of hydrogen-bond acceptors (Lipinski definition) is 0. The van der Waals surface area contributed by atoms with Crippen LogP contribution in [0.15, 0.2) is 158 Å². The third-order valence-corrected chi connectivity index (χ3v) is 12.1. The minimum Gasteiger partial charge on any atom is -0.308 e. The van der Waals surface area contributed by atoms with E-state index in [0.29, 0.717) is 0 Å². The summed E-state index contributed by atoms with van der Waals surface area (Å²) in [6.45, 7) is 4.75. The third kappa shape index (κ3) is 3.99. The molecule has 0 saturated carbocycles. The molecule has 52 heavy (non-hydrogen) atoms. The predicted octanol–water partition coefficient (Wildman–Crippen LogP) is 13.7. The lowest BCUT2D eigenvalue weighted by atomic mass is 9.80. The average Bonchev–Trinajstić information content (AvgIpc) is 3.65. The Bertz CT molecular complexity index is 2910. The molecule has 2 aliphatic rings. The molecule has 8 aromatic carbocycles. The molecule has 0 saturated heterocycles. The maximum absolute atomic E-state index is 2.54. The number of benzene rings is 8. The summed E-state index contributed by atoms with van der Waals surface area (Å²) in [6, 6.07) is 56.8. The van der Waals surface area contributed by atoms with E-state index in [0.717, 1.165) is 12.8 Å². The standard InChI is InChI=1S/C51H37N/c1-51(2)44-24-12-9-23-42(44)49-37-18-4-3-15-34(37)43(31-45(49)51)32-27-29-33(30-28-32)48-38-19-5-7-21-40(38)50(41-22-8-6-20-39(41)48)52-46-25-13-10-16-35(46)36-17-11-14-26-47(36)52/h3-10,12-16,18-31H,11,17H2,1-2H3. The second-order valence-electron chi connectivity index (χ2n) is 15.1. The Morgan fingerprint density at radius 3 is 1.75 bits per heavy atom. The lowest BCUT2D eigenvalue weighted by molar-refractivity contribution is 0.661. The number of aryl methyl sites for hydroxylation is 1. The first-order valence-electron chi connectivity index (χ1n) is 18.6. The Balaban J connectivity index is 1.13. The molecule has 2 aliphatic carbocycles. The fourth-order valence-electron chi connectivity index (χ4n) is 9.69. The highest BCUT2D eigenvalue weighted by molar-refractivity contribution is 6.19. The second-order valence-corrected chi connectivity index (χ2v) is 15.1. The number of hydrogen-bond donors (Lipinski definition) is 0. The predicted molar refractivity (Wildman–Crippen MR) is 222 cm³/mol. The fraction of sp³-hybridized carbons (Fsp3) is 0.0980. The molecule has 9 aromatic rings. The molecule has 1 nitrogen and oxygen atoms in total. The van der Waals surface area contributed by atoms with Gasteiger partial charge in [-0.2, -0.15) is 0 Å². The topological polar surface area (TPSA) is 4.93 Å². The van der Waals surface area contributed by atoms with E-state index in [2.05, 4.69) is 182 Å².